The number of thiazole rings is 1. The maximum Gasteiger partial charge on any atom is 0.174 e. The number of nitrogens with zero attached hydrogens (tertiary/aromatic N) is 1. The number of rotatable bonds is 2. The van der Waals surface area contributed by atoms with E-state index in [4.69, 9.17) is 4.74 Å². The molecular formula is C13H17NO2S. The van der Waals surface area contributed by atoms with Gasteiger partial charge in [-0.3, -0.25) is 4.79 Å². The van der Waals surface area contributed by atoms with Crippen molar-refractivity contribution in [2.75, 3.05) is 6.61 Å². The number of aryl methyl sites for hydroxylation is 1. The van der Waals surface area contributed by atoms with Crippen molar-refractivity contribution < 1.29 is 9.53 Å². The molecule has 1 saturated heterocycles. The summed E-state index contributed by atoms with van der Waals surface area (Å²) in [6.45, 7) is 0.884. The Hall–Kier alpha value is -0.740. The number of ether oxygens (including phenoxy) is 1. The molecule has 1 fully saturated rings. The van der Waals surface area contributed by atoms with Crippen LogP contribution in [0.15, 0.2) is 0 Å². The number of aromatic nitrogens is 1. The molecule has 1 aliphatic carbocycles. The van der Waals surface area contributed by atoms with E-state index < -0.39 is 0 Å². The van der Waals surface area contributed by atoms with E-state index in [1.807, 2.05) is 0 Å². The maximum absolute atomic E-state index is 11.7. The zero-order valence-corrected chi connectivity index (χ0v) is 10.7. The minimum atomic E-state index is 0.291. The van der Waals surface area contributed by atoms with Gasteiger partial charge < -0.3 is 4.74 Å². The summed E-state index contributed by atoms with van der Waals surface area (Å²) < 4.78 is 5.72. The summed E-state index contributed by atoms with van der Waals surface area (Å²) in [5.41, 5.74) is 1.04. The second-order valence-electron chi connectivity index (χ2n) is 4.85. The van der Waals surface area contributed by atoms with Crippen LogP contribution in [0.4, 0.5) is 0 Å². The van der Waals surface area contributed by atoms with Gasteiger partial charge in [-0.05, 0) is 32.1 Å². The van der Waals surface area contributed by atoms with Gasteiger partial charge in [0.25, 0.3) is 0 Å². The highest BCUT2D eigenvalue weighted by Gasteiger charge is 2.24. The summed E-state index contributed by atoms with van der Waals surface area (Å²) in [5.74, 6) is 0.291. The minimum absolute atomic E-state index is 0.291. The van der Waals surface area contributed by atoms with Gasteiger partial charge in [-0.2, -0.15) is 0 Å². The molecule has 1 aliphatic heterocycles. The van der Waals surface area contributed by atoms with E-state index in [2.05, 4.69) is 4.98 Å². The highest BCUT2D eigenvalue weighted by molar-refractivity contribution is 7.13. The molecule has 3 rings (SSSR count). The largest absolute Gasteiger partial charge is 0.378 e. The molecule has 0 radical (unpaired) electrons. The quantitative estimate of drug-likeness (QED) is 0.811. The smallest absolute Gasteiger partial charge is 0.174 e. The first-order valence-corrected chi connectivity index (χ1v) is 7.28. The fraction of sp³-hybridized carbons (Fsp3) is 0.692. The molecule has 2 heterocycles. The number of ketones is 1. The Morgan fingerprint density at radius 2 is 2.24 bits per heavy atom. The van der Waals surface area contributed by atoms with Crippen LogP contribution in [0.2, 0.25) is 0 Å². The van der Waals surface area contributed by atoms with Crippen LogP contribution in [-0.4, -0.2) is 23.5 Å². The summed E-state index contributed by atoms with van der Waals surface area (Å²) in [6, 6.07) is 0. The summed E-state index contributed by atoms with van der Waals surface area (Å²) in [4.78, 5) is 17.3. The van der Waals surface area contributed by atoms with Crippen LogP contribution < -0.4 is 0 Å². The molecular weight excluding hydrogens is 234 g/mol. The Labute approximate surface area is 105 Å². The Bertz CT molecular complexity index is 421. The van der Waals surface area contributed by atoms with E-state index in [1.165, 1.54) is 12.8 Å². The number of Topliss-reactive ketones (excluding diaryl/α,β-unsaturated/α-hetero) is 1. The standard InChI is InChI=1S/C13H17NO2S/c15-11-6-3-5-10-13(11)17-12(14-10)8-9-4-1-2-7-16-9/h9H,1-8H2. The van der Waals surface area contributed by atoms with Gasteiger partial charge >= 0.3 is 0 Å². The van der Waals surface area contributed by atoms with Gasteiger partial charge in [-0.25, -0.2) is 4.98 Å². The van der Waals surface area contributed by atoms with Crippen LogP contribution in [0, 0.1) is 0 Å². The van der Waals surface area contributed by atoms with Crippen LogP contribution in [-0.2, 0) is 17.6 Å². The van der Waals surface area contributed by atoms with E-state index in [-0.39, 0.29) is 0 Å². The molecule has 1 aromatic heterocycles. The van der Waals surface area contributed by atoms with Crippen molar-refractivity contribution in [3.63, 3.8) is 0 Å². The first kappa shape index (κ1) is 11.4. The van der Waals surface area contributed by atoms with Crippen LogP contribution in [0.25, 0.3) is 0 Å². The third-order valence-corrected chi connectivity index (χ3v) is 4.65. The van der Waals surface area contributed by atoms with Crippen molar-refractivity contribution in [3.8, 4) is 0 Å². The molecule has 92 valence electrons. The predicted molar refractivity (Wildman–Crippen MR) is 66.7 cm³/mol. The summed E-state index contributed by atoms with van der Waals surface area (Å²) >= 11 is 1.60. The van der Waals surface area contributed by atoms with Crippen LogP contribution in [0.5, 0.6) is 0 Å². The molecule has 0 amide bonds. The van der Waals surface area contributed by atoms with Crippen LogP contribution in [0.1, 0.15) is 52.5 Å². The summed E-state index contributed by atoms with van der Waals surface area (Å²) in [6.07, 6.45) is 7.44. The fourth-order valence-corrected chi connectivity index (χ4v) is 3.71. The SMILES string of the molecule is O=C1CCCc2nc(CC3CCCCO3)sc21. The van der Waals surface area contributed by atoms with Gasteiger partial charge in [0.05, 0.1) is 21.7 Å². The molecule has 0 spiro atoms. The average Bonchev–Trinajstić information content (AvgIpc) is 2.74. The Kier molecular flexibility index (Phi) is 3.25. The topological polar surface area (TPSA) is 39.2 Å². The number of carbonyl (C=O) groups excluding carboxylic acids is 1. The number of fused-ring (bicyclic) bond motifs is 1. The van der Waals surface area contributed by atoms with Gasteiger partial charge in [0.2, 0.25) is 0 Å². The second kappa shape index (κ2) is 4.86. The Morgan fingerprint density at radius 3 is 3.00 bits per heavy atom. The third-order valence-electron chi connectivity index (χ3n) is 3.49. The van der Waals surface area contributed by atoms with Crippen molar-refractivity contribution >= 4 is 17.1 Å². The van der Waals surface area contributed by atoms with Crippen molar-refractivity contribution in [1.29, 1.82) is 0 Å². The molecule has 2 aliphatic rings. The molecule has 1 atom stereocenters. The van der Waals surface area contributed by atoms with Gasteiger partial charge in [-0.15, -0.1) is 11.3 Å². The highest BCUT2D eigenvalue weighted by Crippen LogP contribution is 2.28. The normalized spacial score (nSPS) is 24.7. The van der Waals surface area contributed by atoms with E-state index in [1.54, 1.807) is 11.3 Å². The zero-order chi connectivity index (χ0) is 11.7. The average molecular weight is 251 g/mol. The van der Waals surface area contributed by atoms with E-state index in [0.29, 0.717) is 18.3 Å². The second-order valence-corrected chi connectivity index (χ2v) is 5.94. The van der Waals surface area contributed by atoms with Gasteiger partial charge in [-0.1, -0.05) is 0 Å². The monoisotopic (exact) mass is 251 g/mol. The molecule has 3 nitrogen and oxygen atoms in total. The minimum Gasteiger partial charge on any atom is -0.378 e. The van der Waals surface area contributed by atoms with Crippen molar-refractivity contribution in [2.45, 2.75) is 51.0 Å². The van der Waals surface area contributed by atoms with E-state index in [9.17, 15) is 4.79 Å². The molecule has 0 saturated carbocycles. The lowest BCUT2D eigenvalue weighted by Crippen LogP contribution is -2.21. The Balaban J connectivity index is 1.73. The molecule has 1 aromatic rings. The molecule has 0 bridgehead atoms. The Morgan fingerprint density at radius 1 is 1.29 bits per heavy atom. The van der Waals surface area contributed by atoms with Gasteiger partial charge in [0.1, 0.15) is 0 Å². The maximum atomic E-state index is 11.7. The van der Waals surface area contributed by atoms with Crippen LogP contribution in [0.3, 0.4) is 0 Å². The van der Waals surface area contributed by atoms with Crippen molar-refractivity contribution in [1.82, 2.24) is 4.98 Å². The van der Waals surface area contributed by atoms with Crippen molar-refractivity contribution in [3.05, 3.63) is 15.6 Å². The molecule has 0 aromatic carbocycles. The first-order valence-electron chi connectivity index (χ1n) is 6.46. The lowest BCUT2D eigenvalue weighted by Gasteiger charge is -2.21. The van der Waals surface area contributed by atoms with Gasteiger partial charge in [0, 0.05) is 19.4 Å². The number of hydrogen-bond donors (Lipinski definition) is 0. The number of carbonyl (C=O) groups is 1. The van der Waals surface area contributed by atoms with Crippen molar-refractivity contribution in [2.24, 2.45) is 0 Å². The number of hydrogen-bond acceptors (Lipinski definition) is 4. The third kappa shape index (κ3) is 2.43. The highest BCUT2D eigenvalue weighted by atomic mass is 32.1. The summed E-state index contributed by atoms with van der Waals surface area (Å²) in [5, 5.41) is 1.09. The van der Waals surface area contributed by atoms with E-state index >= 15 is 0 Å². The molecule has 17 heavy (non-hydrogen) atoms. The predicted octanol–water partition coefficient (Wildman–Crippen LogP) is 2.77. The lowest BCUT2D eigenvalue weighted by molar-refractivity contribution is 0.0167. The molecule has 4 heteroatoms. The fourth-order valence-electron chi connectivity index (χ4n) is 2.57. The van der Waals surface area contributed by atoms with E-state index in [0.717, 1.165) is 47.9 Å². The molecule has 1 unspecified atom stereocenters. The molecule has 0 N–H and O–H groups in total. The summed E-state index contributed by atoms with van der Waals surface area (Å²) in [7, 11) is 0. The first-order chi connectivity index (χ1) is 8.33. The lowest BCUT2D eigenvalue weighted by atomic mass is 10.0. The van der Waals surface area contributed by atoms with Crippen LogP contribution >= 0.6 is 11.3 Å². The zero-order valence-electron chi connectivity index (χ0n) is 9.91. The van der Waals surface area contributed by atoms with Gasteiger partial charge in [0.15, 0.2) is 5.78 Å².